The zero-order valence-electron chi connectivity index (χ0n) is 11.3. The quantitative estimate of drug-likeness (QED) is 0.909. The van der Waals surface area contributed by atoms with E-state index in [4.69, 9.17) is 10.5 Å². The van der Waals surface area contributed by atoms with Gasteiger partial charge in [0.2, 0.25) is 0 Å². The van der Waals surface area contributed by atoms with Gasteiger partial charge in [-0.15, -0.1) is 0 Å². The summed E-state index contributed by atoms with van der Waals surface area (Å²) >= 11 is 1.98. The standard InChI is InChI=1S/C14H22N2OS/c1-10-4-5-13(17-3)11(8-10)14(15)12-9-18-7-6-16(12)2/h4-5,8,12,14H,6-7,9,15H2,1-3H3. The number of ether oxygens (including phenoxy) is 1. The first-order valence-electron chi connectivity index (χ1n) is 6.31. The molecule has 0 amide bonds. The normalized spacial score (nSPS) is 22.8. The second-order valence-electron chi connectivity index (χ2n) is 4.89. The van der Waals surface area contributed by atoms with Crippen molar-refractivity contribution in [2.45, 2.75) is 19.0 Å². The molecule has 0 radical (unpaired) electrons. The largest absolute Gasteiger partial charge is 0.496 e. The Bertz CT molecular complexity index is 411. The third kappa shape index (κ3) is 2.82. The molecular weight excluding hydrogens is 244 g/mol. The number of benzene rings is 1. The molecule has 0 saturated carbocycles. The predicted octanol–water partition coefficient (Wildman–Crippen LogP) is 2.05. The summed E-state index contributed by atoms with van der Waals surface area (Å²) in [6.07, 6.45) is 0. The molecule has 1 aliphatic rings. The number of hydrogen-bond acceptors (Lipinski definition) is 4. The van der Waals surface area contributed by atoms with E-state index in [1.54, 1.807) is 7.11 Å². The molecule has 0 bridgehead atoms. The minimum Gasteiger partial charge on any atom is -0.496 e. The third-order valence-electron chi connectivity index (χ3n) is 3.60. The Morgan fingerprint density at radius 2 is 2.28 bits per heavy atom. The van der Waals surface area contributed by atoms with Crippen molar-refractivity contribution in [3.05, 3.63) is 29.3 Å². The molecule has 100 valence electrons. The molecule has 0 aliphatic carbocycles. The summed E-state index contributed by atoms with van der Waals surface area (Å²) in [7, 11) is 3.87. The van der Waals surface area contributed by atoms with Gasteiger partial charge in [-0.05, 0) is 20.0 Å². The van der Waals surface area contributed by atoms with Crippen LogP contribution in [0, 0.1) is 6.92 Å². The van der Waals surface area contributed by atoms with Gasteiger partial charge in [0.25, 0.3) is 0 Å². The molecule has 1 heterocycles. The van der Waals surface area contributed by atoms with E-state index in [0.717, 1.165) is 23.6 Å². The van der Waals surface area contributed by atoms with Crippen molar-refractivity contribution in [1.29, 1.82) is 0 Å². The van der Waals surface area contributed by atoms with Crippen LogP contribution in [0.2, 0.25) is 0 Å². The first-order chi connectivity index (χ1) is 8.63. The van der Waals surface area contributed by atoms with Crippen LogP contribution >= 0.6 is 11.8 Å². The van der Waals surface area contributed by atoms with Gasteiger partial charge in [-0.3, -0.25) is 4.90 Å². The summed E-state index contributed by atoms with van der Waals surface area (Å²) in [6, 6.07) is 6.63. The van der Waals surface area contributed by atoms with E-state index >= 15 is 0 Å². The number of methoxy groups -OCH3 is 1. The fourth-order valence-corrected chi connectivity index (χ4v) is 3.69. The number of nitrogens with two attached hydrogens (primary N) is 1. The number of hydrogen-bond donors (Lipinski definition) is 1. The fourth-order valence-electron chi connectivity index (χ4n) is 2.41. The third-order valence-corrected chi connectivity index (χ3v) is 4.65. The topological polar surface area (TPSA) is 38.5 Å². The maximum Gasteiger partial charge on any atom is 0.123 e. The fraction of sp³-hybridized carbons (Fsp3) is 0.571. The molecule has 2 atom stereocenters. The molecule has 1 fully saturated rings. The van der Waals surface area contributed by atoms with Crippen LogP contribution < -0.4 is 10.5 Å². The molecule has 2 unspecified atom stereocenters. The Labute approximate surface area is 114 Å². The molecule has 1 aliphatic heterocycles. The second-order valence-corrected chi connectivity index (χ2v) is 6.04. The Balaban J connectivity index is 2.26. The number of nitrogens with zero attached hydrogens (tertiary/aromatic N) is 1. The van der Waals surface area contributed by atoms with Gasteiger partial charge in [0, 0.05) is 35.7 Å². The van der Waals surface area contributed by atoms with Crippen molar-refractivity contribution in [1.82, 2.24) is 4.90 Å². The van der Waals surface area contributed by atoms with Crippen molar-refractivity contribution in [2.24, 2.45) is 5.73 Å². The van der Waals surface area contributed by atoms with Crippen LogP contribution in [0.15, 0.2) is 18.2 Å². The van der Waals surface area contributed by atoms with Crippen LogP contribution in [0.25, 0.3) is 0 Å². The second kappa shape index (κ2) is 5.95. The first-order valence-corrected chi connectivity index (χ1v) is 7.47. The van der Waals surface area contributed by atoms with Gasteiger partial charge in [0.05, 0.1) is 7.11 Å². The average Bonchev–Trinajstić information content (AvgIpc) is 2.38. The zero-order valence-corrected chi connectivity index (χ0v) is 12.2. The van der Waals surface area contributed by atoms with Crippen molar-refractivity contribution >= 4 is 11.8 Å². The van der Waals surface area contributed by atoms with E-state index < -0.39 is 0 Å². The molecule has 1 aromatic rings. The highest BCUT2D eigenvalue weighted by Crippen LogP contribution is 2.31. The molecule has 3 nitrogen and oxygen atoms in total. The maximum atomic E-state index is 6.47. The Morgan fingerprint density at radius 1 is 1.50 bits per heavy atom. The zero-order chi connectivity index (χ0) is 13.1. The Hall–Kier alpha value is -0.710. The summed E-state index contributed by atoms with van der Waals surface area (Å²) in [5.74, 6) is 3.19. The van der Waals surface area contributed by atoms with Crippen LogP contribution in [0.4, 0.5) is 0 Å². The van der Waals surface area contributed by atoms with Gasteiger partial charge in [-0.25, -0.2) is 0 Å². The number of thioether (sulfide) groups is 1. The van der Waals surface area contributed by atoms with E-state index in [0.29, 0.717) is 6.04 Å². The van der Waals surface area contributed by atoms with E-state index in [9.17, 15) is 0 Å². The van der Waals surface area contributed by atoms with Gasteiger partial charge in [-0.2, -0.15) is 11.8 Å². The first kappa shape index (κ1) is 13.7. The molecule has 2 N–H and O–H groups in total. The molecule has 0 spiro atoms. The summed E-state index contributed by atoms with van der Waals surface area (Å²) in [5, 5.41) is 0. The molecule has 18 heavy (non-hydrogen) atoms. The smallest absolute Gasteiger partial charge is 0.123 e. The number of rotatable bonds is 3. The molecule has 4 heteroatoms. The van der Waals surface area contributed by atoms with E-state index in [2.05, 4.69) is 31.0 Å². The van der Waals surface area contributed by atoms with Crippen molar-refractivity contribution in [3.8, 4) is 5.75 Å². The van der Waals surface area contributed by atoms with Gasteiger partial charge >= 0.3 is 0 Å². The van der Waals surface area contributed by atoms with Gasteiger partial charge in [0.1, 0.15) is 5.75 Å². The molecule has 2 rings (SSSR count). The summed E-state index contributed by atoms with van der Waals surface area (Å²) in [5.41, 5.74) is 8.82. The highest BCUT2D eigenvalue weighted by atomic mass is 32.2. The average molecular weight is 266 g/mol. The van der Waals surface area contributed by atoms with Crippen LogP contribution in [-0.4, -0.2) is 43.1 Å². The Morgan fingerprint density at radius 3 is 2.94 bits per heavy atom. The van der Waals surface area contributed by atoms with Crippen LogP contribution in [0.3, 0.4) is 0 Å². The highest BCUT2D eigenvalue weighted by Gasteiger charge is 2.28. The van der Waals surface area contributed by atoms with Gasteiger partial charge < -0.3 is 10.5 Å². The Kier molecular flexibility index (Phi) is 4.54. The summed E-state index contributed by atoms with van der Waals surface area (Å²) in [4.78, 5) is 2.36. The molecular formula is C14H22N2OS. The van der Waals surface area contributed by atoms with Gasteiger partial charge in [-0.1, -0.05) is 17.7 Å². The lowest BCUT2D eigenvalue weighted by molar-refractivity contribution is 0.235. The number of aryl methyl sites for hydroxylation is 1. The van der Waals surface area contributed by atoms with E-state index in [1.807, 2.05) is 17.8 Å². The summed E-state index contributed by atoms with van der Waals surface area (Å²) in [6.45, 7) is 3.20. The van der Waals surface area contributed by atoms with E-state index in [1.165, 1.54) is 11.3 Å². The highest BCUT2D eigenvalue weighted by molar-refractivity contribution is 7.99. The lowest BCUT2D eigenvalue weighted by Crippen LogP contribution is -2.46. The predicted molar refractivity (Wildman–Crippen MR) is 78.4 cm³/mol. The van der Waals surface area contributed by atoms with Crippen molar-refractivity contribution in [2.75, 3.05) is 32.2 Å². The summed E-state index contributed by atoms with van der Waals surface area (Å²) < 4.78 is 5.44. The van der Waals surface area contributed by atoms with E-state index in [-0.39, 0.29) is 6.04 Å². The minimum absolute atomic E-state index is 0.0117. The molecule has 0 aromatic heterocycles. The monoisotopic (exact) mass is 266 g/mol. The lowest BCUT2D eigenvalue weighted by atomic mass is 9.97. The maximum absolute atomic E-state index is 6.47. The number of likely N-dealkylation sites (N-methyl/N-ethyl adjacent to an activating group) is 1. The van der Waals surface area contributed by atoms with Crippen molar-refractivity contribution < 1.29 is 4.74 Å². The molecule has 1 saturated heterocycles. The SMILES string of the molecule is COc1ccc(C)cc1C(N)C1CSCCN1C. The van der Waals surface area contributed by atoms with Crippen LogP contribution in [-0.2, 0) is 0 Å². The van der Waals surface area contributed by atoms with Crippen molar-refractivity contribution in [3.63, 3.8) is 0 Å². The lowest BCUT2D eigenvalue weighted by Gasteiger charge is -2.36. The minimum atomic E-state index is 0.0117. The van der Waals surface area contributed by atoms with Gasteiger partial charge in [0.15, 0.2) is 0 Å². The van der Waals surface area contributed by atoms with Crippen LogP contribution in [0.5, 0.6) is 5.75 Å². The van der Waals surface area contributed by atoms with Crippen LogP contribution in [0.1, 0.15) is 17.2 Å². The molecule has 1 aromatic carbocycles.